The van der Waals surface area contributed by atoms with E-state index in [0.717, 1.165) is 0 Å². The molecular formula is C11H13BrO4. The summed E-state index contributed by atoms with van der Waals surface area (Å²) in [6.07, 6.45) is 0. The van der Waals surface area contributed by atoms with Gasteiger partial charge in [-0.3, -0.25) is 4.79 Å². The van der Waals surface area contributed by atoms with Crippen LogP contribution in [-0.2, 0) is 9.53 Å². The van der Waals surface area contributed by atoms with E-state index in [1.54, 1.807) is 13.0 Å². The zero-order valence-corrected chi connectivity index (χ0v) is 10.9. The topological polar surface area (TPSA) is 55.8 Å². The smallest absolute Gasteiger partial charge is 0.312 e. The van der Waals surface area contributed by atoms with Crippen molar-refractivity contribution in [2.45, 2.75) is 12.8 Å². The first-order valence-electron chi connectivity index (χ1n) is 4.65. The van der Waals surface area contributed by atoms with Gasteiger partial charge in [0.05, 0.1) is 20.1 Å². The number of carbonyl (C=O) groups excluding carboxylic acids is 1. The molecular weight excluding hydrogens is 276 g/mol. The third-order valence-corrected chi connectivity index (χ3v) is 3.01. The van der Waals surface area contributed by atoms with E-state index < -0.39 is 5.92 Å². The molecule has 1 aromatic rings. The molecule has 0 aliphatic heterocycles. The fourth-order valence-corrected chi connectivity index (χ4v) is 2.03. The van der Waals surface area contributed by atoms with Crippen molar-refractivity contribution >= 4 is 21.9 Å². The van der Waals surface area contributed by atoms with Crippen LogP contribution in [0.15, 0.2) is 16.6 Å². The monoisotopic (exact) mass is 288 g/mol. The molecule has 0 heterocycles. The number of aromatic hydroxyl groups is 1. The Morgan fingerprint density at radius 1 is 1.44 bits per heavy atom. The van der Waals surface area contributed by atoms with Gasteiger partial charge in [-0.2, -0.15) is 0 Å². The van der Waals surface area contributed by atoms with Crippen LogP contribution in [-0.4, -0.2) is 25.3 Å². The summed E-state index contributed by atoms with van der Waals surface area (Å²) in [6, 6.07) is 3.11. The maximum absolute atomic E-state index is 11.4. The molecule has 0 aliphatic rings. The SMILES string of the molecule is COC(=O)C(C)c1cc(OC)c(O)cc1Br. The Labute approximate surface area is 102 Å². The van der Waals surface area contributed by atoms with Gasteiger partial charge in [0.15, 0.2) is 11.5 Å². The van der Waals surface area contributed by atoms with Crippen molar-refractivity contribution in [3.05, 3.63) is 22.2 Å². The van der Waals surface area contributed by atoms with Crippen molar-refractivity contribution in [3.8, 4) is 11.5 Å². The number of hydrogen-bond donors (Lipinski definition) is 1. The molecule has 1 N–H and O–H groups in total. The van der Waals surface area contributed by atoms with Crippen LogP contribution in [0.5, 0.6) is 11.5 Å². The van der Waals surface area contributed by atoms with Crippen LogP contribution in [0.4, 0.5) is 0 Å². The molecule has 5 heteroatoms. The molecule has 16 heavy (non-hydrogen) atoms. The zero-order valence-electron chi connectivity index (χ0n) is 9.28. The summed E-state index contributed by atoms with van der Waals surface area (Å²) in [5.41, 5.74) is 0.710. The molecule has 88 valence electrons. The number of benzene rings is 1. The molecule has 0 aliphatic carbocycles. The standard InChI is InChI=1S/C11H13BrO4/c1-6(11(14)16-3)7-4-10(15-2)9(13)5-8(7)12/h4-6,13H,1-3H3. The van der Waals surface area contributed by atoms with Crippen molar-refractivity contribution in [1.29, 1.82) is 0 Å². The lowest BCUT2D eigenvalue weighted by Gasteiger charge is -2.13. The molecule has 0 saturated carbocycles. The van der Waals surface area contributed by atoms with Crippen LogP contribution in [0.1, 0.15) is 18.4 Å². The van der Waals surface area contributed by atoms with Crippen molar-refractivity contribution in [3.63, 3.8) is 0 Å². The van der Waals surface area contributed by atoms with E-state index in [4.69, 9.17) is 4.74 Å². The molecule has 0 fully saturated rings. The van der Waals surface area contributed by atoms with E-state index in [-0.39, 0.29) is 11.7 Å². The molecule has 0 aromatic heterocycles. The molecule has 0 radical (unpaired) electrons. The van der Waals surface area contributed by atoms with Gasteiger partial charge in [0, 0.05) is 4.47 Å². The highest BCUT2D eigenvalue weighted by atomic mass is 79.9. The first-order chi connectivity index (χ1) is 7.51. The van der Waals surface area contributed by atoms with Gasteiger partial charge in [0.25, 0.3) is 0 Å². The lowest BCUT2D eigenvalue weighted by atomic mass is 10.0. The highest BCUT2D eigenvalue weighted by Gasteiger charge is 2.20. The normalized spacial score (nSPS) is 12.0. The van der Waals surface area contributed by atoms with Crippen LogP contribution in [0.25, 0.3) is 0 Å². The van der Waals surface area contributed by atoms with E-state index in [9.17, 15) is 9.90 Å². The van der Waals surface area contributed by atoms with E-state index >= 15 is 0 Å². The Balaban J connectivity index is 3.18. The molecule has 0 amide bonds. The number of hydrogen-bond acceptors (Lipinski definition) is 4. The number of halogens is 1. The quantitative estimate of drug-likeness (QED) is 0.868. The number of esters is 1. The van der Waals surface area contributed by atoms with Crippen LogP contribution in [0, 0.1) is 0 Å². The van der Waals surface area contributed by atoms with Crippen LogP contribution >= 0.6 is 15.9 Å². The minimum absolute atomic E-state index is 0.0233. The minimum atomic E-state index is -0.422. The number of phenolic OH excluding ortho intramolecular Hbond substituents is 1. The summed E-state index contributed by atoms with van der Waals surface area (Å²) in [4.78, 5) is 11.4. The second-order valence-electron chi connectivity index (χ2n) is 3.29. The Morgan fingerprint density at radius 3 is 2.56 bits per heavy atom. The maximum atomic E-state index is 11.4. The average Bonchev–Trinajstić information content (AvgIpc) is 2.27. The molecule has 1 aromatic carbocycles. The molecule has 1 unspecified atom stereocenters. The molecule has 1 atom stereocenters. The lowest BCUT2D eigenvalue weighted by molar-refractivity contribution is -0.142. The van der Waals surface area contributed by atoms with E-state index in [1.165, 1.54) is 20.3 Å². The van der Waals surface area contributed by atoms with E-state index in [1.807, 2.05) is 0 Å². The first-order valence-corrected chi connectivity index (χ1v) is 5.44. The zero-order chi connectivity index (χ0) is 12.3. The molecule has 1 rings (SSSR count). The molecule has 0 spiro atoms. The van der Waals surface area contributed by atoms with Gasteiger partial charge in [-0.25, -0.2) is 0 Å². The summed E-state index contributed by atoms with van der Waals surface area (Å²) in [6.45, 7) is 1.72. The summed E-state index contributed by atoms with van der Waals surface area (Å²) >= 11 is 3.29. The van der Waals surface area contributed by atoms with Crippen molar-refractivity contribution in [2.24, 2.45) is 0 Å². The largest absolute Gasteiger partial charge is 0.504 e. The van der Waals surface area contributed by atoms with Gasteiger partial charge < -0.3 is 14.6 Å². The number of rotatable bonds is 3. The third kappa shape index (κ3) is 2.47. The highest BCUT2D eigenvalue weighted by Crippen LogP contribution is 2.36. The first kappa shape index (κ1) is 12.8. The molecule has 0 saturated heterocycles. The van der Waals surface area contributed by atoms with Crippen LogP contribution in [0.2, 0.25) is 0 Å². The van der Waals surface area contributed by atoms with Gasteiger partial charge in [-0.05, 0) is 24.6 Å². The van der Waals surface area contributed by atoms with Gasteiger partial charge in [0.2, 0.25) is 0 Å². The van der Waals surface area contributed by atoms with E-state index in [0.29, 0.717) is 15.8 Å². The number of carbonyl (C=O) groups is 1. The predicted octanol–water partition coefficient (Wildman–Crippen LogP) is 2.44. The van der Waals surface area contributed by atoms with Crippen molar-refractivity contribution in [1.82, 2.24) is 0 Å². The third-order valence-electron chi connectivity index (χ3n) is 2.32. The Morgan fingerprint density at radius 2 is 2.06 bits per heavy atom. The highest BCUT2D eigenvalue weighted by molar-refractivity contribution is 9.10. The Kier molecular flexibility index (Phi) is 4.18. The fraction of sp³-hybridized carbons (Fsp3) is 0.364. The van der Waals surface area contributed by atoms with Gasteiger partial charge >= 0.3 is 5.97 Å². The van der Waals surface area contributed by atoms with Crippen molar-refractivity contribution in [2.75, 3.05) is 14.2 Å². The number of phenols is 1. The van der Waals surface area contributed by atoms with Gasteiger partial charge in [-0.15, -0.1) is 0 Å². The van der Waals surface area contributed by atoms with E-state index in [2.05, 4.69) is 20.7 Å². The summed E-state index contributed by atoms with van der Waals surface area (Å²) < 4.78 is 10.3. The number of methoxy groups -OCH3 is 2. The van der Waals surface area contributed by atoms with Gasteiger partial charge in [0.1, 0.15) is 0 Å². The van der Waals surface area contributed by atoms with Crippen molar-refractivity contribution < 1.29 is 19.4 Å². The second-order valence-corrected chi connectivity index (χ2v) is 4.14. The summed E-state index contributed by atoms with van der Waals surface area (Å²) in [5.74, 6) is -0.411. The van der Waals surface area contributed by atoms with Crippen LogP contribution in [0.3, 0.4) is 0 Å². The van der Waals surface area contributed by atoms with Crippen LogP contribution < -0.4 is 4.74 Å². The lowest BCUT2D eigenvalue weighted by Crippen LogP contribution is -2.11. The van der Waals surface area contributed by atoms with Gasteiger partial charge in [-0.1, -0.05) is 15.9 Å². The summed E-state index contributed by atoms with van der Waals surface area (Å²) in [7, 11) is 2.79. The summed E-state index contributed by atoms with van der Waals surface area (Å²) in [5, 5.41) is 9.52. The fourth-order valence-electron chi connectivity index (χ4n) is 1.36. The minimum Gasteiger partial charge on any atom is -0.504 e. The Bertz CT molecular complexity index is 403. The predicted molar refractivity (Wildman–Crippen MR) is 62.8 cm³/mol. The Hall–Kier alpha value is -1.23. The number of ether oxygens (including phenoxy) is 2. The molecule has 0 bridgehead atoms. The average molecular weight is 289 g/mol. The molecule has 4 nitrogen and oxygen atoms in total. The second kappa shape index (κ2) is 5.21. The maximum Gasteiger partial charge on any atom is 0.312 e.